The van der Waals surface area contributed by atoms with Crippen LogP contribution in [0, 0.1) is 6.92 Å². The molecular weight excluding hydrogens is 292 g/mol. The van der Waals surface area contributed by atoms with E-state index in [1.807, 2.05) is 0 Å². The maximum Gasteiger partial charge on any atom is 0.282 e. The fourth-order valence-electron chi connectivity index (χ4n) is 1.93. The Kier molecular flexibility index (Phi) is 4.65. The van der Waals surface area contributed by atoms with Gasteiger partial charge in [-0.2, -0.15) is 5.10 Å². The third-order valence-corrected chi connectivity index (χ3v) is 3.09. The van der Waals surface area contributed by atoms with Crippen LogP contribution in [0.3, 0.4) is 0 Å². The van der Waals surface area contributed by atoms with Gasteiger partial charge in [-0.15, -0.1) is 0 Å². The summed E-state index contributed by atoms with van der Waals surface area (Å²) in [5.41, 5.74) is 1.20. The number of aryl methyl sites for hydroxylation is 1. The molecule has 5 nitrogen and oxygen atoms in total. The largest absolute Gasteiger partial charge is 0.324 e. The van der Waals surface area contributed by atoms with Crippen molar-refractivity contribution in [2.75, 3.05) is 5.32 Å². The third kappa shape index (κ3) is 3.75. The zero-order chi connectivity index (χ0) is 16.3. The van der Waals surface area contributed by atoms with Crippen molar-refractivity contribution in [1.29, 1.82) is 0 Å². The molecule has 1 N–H and O–H groups in total. The lowest BCUT2D eigenvalue weighted by atomic mass is 10.1. The number of carbonyl (C=O) groups excluding carboxylic acids is 2. The smallest absolute Gasteiger partial charge is 0.282 e. The Morgan fingerprint density at radius 3 is 2.41 bits per heavy atom. The maximum atomic E-state index is 12.5. The first-order chi connectivity index (χ1) is 10.4. The van der Waals surface area contributed by atoms with Crippen molar-refractivity contribution >= 4 is 17.4 Å². The van der Waals surface area contributed by atoms with E-state index < -0.39 is 6.43 Å². The maximum absolute atomic E-state index is 12.5. The van der Waals surface area contributed by atoms with Gasteiger partial charge in [0.1, 0.15) is 12.2 Å². The minimum Gasteiger partial charge on any atom is -0.324 e. The van der Waals surface area contributed by atoms with Crippen molar-refractivity contribution in [3.63, 3.8) is 0 Å². The van der Waals surface area contributed by atoms with E-state index in [4.69, 9.17) is 0 Å². The average molecular weight is 307 g/mol. The minimum absolute atomic E-state index is 0.0652. The summed E-state index contributed by atoms with van der Waals surface area (Å²) in [5, 5.41) is 6.31. The van der Waals surface area contributed by atoms with Gasteiger partial charge in [-0.1, -0.05) is 0 Å². The Labute approximate surface area is 125 Å². The molecule has 1 heterocycles. The van der Waals surface area contributed by atoms with E-state index in [9.17, 15) is 18.4 Å². The molecule has 0 spiro atoms. The summed E-state index contributed by atoms with van der Waals surface area (Å²) < 4.78 is 26.3. The molecule has 0 atom stereocenters. The fourth-order valence-corrected chi connectivity index (χ4v) is 1.93. The SMILES string of the molecule is CC(=O)c1ccc(NC(=O)Cn2nc(C(F)F)cc2C)cc1. The molecule has 116 valence electrons. The number of rotatable bonds is 5. The van der Waals surface area contributed by atoms with Gasteiger partial charge in [0, 0.05) is 16.9 Å². The summed E-state index contributed by atoms with van der Waals surface area (Å²) >= 11 is 0. The molecule has 1 amide bonds. The molecular formula is C15H15F2N3O2. The van der Waals surface area contributed by atoms with Gasteiger partial charge in [0.25, 0.3) is 6.43 Å². The van der Waals surface area contributed by atoms with Crippen molar-refractivity contribution in [3.8, 4) is 0 Å². The summed E-state index contributed by atoms with van der Waals surface area (Å²) in [4.78, 5) is 23.1. The van der Waals surface area contributed by atoms with Crippen LogP contribution in [0.4, 0.5) is 14.5 Å². The lowest BCUT2D eigenvalue weighted by Gasteiger charge is -2.07. The number of Topliss-reactive ketones (excluding diaryl/α,β-unsaturated/α-hetero) is 1. The van der Waals surface area contributed by atoms with Gasteiger partial charge >= 0.3 is 0 Å². The first kappa shape index (κ1) is 15.8. The lowest BCUT2D eigenvalue weighted by molar-refractivity contribution is -0.117. The number of carbonyl (C=O) groups is 2. The number of benzene rings is 1. The van der Waals surface area contributed by atoms with Crippen LogP contribution in [0.15, 0.2) is 30.3 Å². The van der Waals surface area contributed by atoms with Gasteiger partial charge in [0.05, 0.1) is 0 Å². The lowest BCUT2D eigenvalue weighted by Crippen LogP contribution is -2.20. The number of nitrogens with one attached hydrogen (secondary N) is 1. The highest BCUT2D eigenvalue weighted by atomic mass is 19.3. The van der Waals surface area contributed by atoms with E-state index in [1.54, 1.807) is 31.2 Å². The number of anilines is 1. The molecule has 0 aliphatic heterocycles. The Bertz CT molecular complexity index is 693. The van der Waals surface area contributed by atoms with Gasteiger partial charge in [-0.25, -0.2) is 8.78 Å². The van der Waals surface area contributed by atoms with E-state index >= 15 is 0 Å². The quantitative estimate of drug-likeness (QED) is 0.864. The van der Waals surface area contributed by atoms with Crippen LogP contribution in [0.5, 0.6) is 0 Å². The number of alkyl halides is 2. The van der Waals surface area contributed by atoms with E-state index in [-0.39, 0.29) is 23.9 Å². The van der Waals surface area contributed by atoms with Gasteiger partial charge in [-0.3, -0.25) is 14.3 Å². The van der Waals surface area contributed by atoms with Crippen molar-refractivity contribution in [3.05, 3.63) is 47.3 Å². The Morgan fingerprint density at radius 1 is 1.27 bits per heavy atom. The molecule has 0 fully saturated rings. The monoisotopic (exact) mass is 307 g/mol. The second kappa shape index (κ2) is 6.46. The molecule has 0 radical (unpaired) electrons. The van der Waals surface area contributed by atoms with Crippen molar-refractivity contribution in [1.82, 2.24) is 9.78 Å². The van der Waals surface area contributed by atoms with E-state index in [0.717, 1.165) is 0 Å². The number of nitrogens with zero attached hydrogens (tertiary/aromatic N) is 2. The number of aromatic nitrogens is 2. The van der Waals surface area contributed by atoms with Crippen LogP contribution in [0.25, 0.3) is 0 Å². The second-order valence-corrected chi connectivity index (χ2v) is 4.85. The molecule has 2 aromatic rings. The van der Waals surface area contributed by atoms with Crippen molar-refractivity contribution in [2.24, 2.45) is 0 Å². The normalized spacial score (nSPS) is 10.8. The zero-order valence-electron chi connectivity index (χ0n) is 12.1. The van der Waals surface area contributed by atoms with Crippen molar-refractivity contribution < 1.29 is 18.4 Å². The molecule has 0 aliphatic carbocycles. The first-order valence-electron chi connectivity index (χ1n) is 6.60. The minimum atomic E-state index is -2.66. The van der Waals surface area contributed by atoms with Crippen LogP contribution in [0.2, 0.25) is 0 Å². The Morgan fingerprint density at radius 2 is 1.91 bits per heavy atom. The predicted octanol–water partition coefficient (Wildman–Crippen LogP) is 2.97. The highest BCUT2D eigenvalue weighted by molar-refractivity contribution is 5.95. The standard InChI is InChI=1S/C15H15F2N3O2/c1-9-7-13(15(16)17)19-20(9)8-14(22)18-12-5-3-11(4-6-12)10(2)21/h3-7,15H,8H2,1-2H3,(H,18,22). The molecule has 1 aromatic heterocycles. The molecule has 0 saturated carbocycles. The van der Waals surface area contributed by atoms with Crippen LogP contribution < -0.4 is 5.32 Å². The van der Waals surface area contributed by atoms with Crippen LogP contribution in [-0.2, 0) is 11.3 Å². The molecule has 0 bridgehead atoms. The van der Waals surface area contributed by atoms with Crippen LogP contribution in [0.1, 0.15) is 35.1 Å². The summed E-state index contributed by atoms with van der Waals surface area (Å²) in [6, 6.07) is 7.67. The number of hydrogen-bond acceptors (Lipinski definition) is 3. The van der Waals surface area contributed by atoms with Gasteiger partial charge in [-0.05, 0) is 44.2 Å². The topological polar surface area (TPSA) is 64.0 Å². The molecule has 0 unspecified atom stereocenters. The van der Waals surface area contributed by atoms with Crippen LogP contribution in [-0.4, -0.2) is 21.5 Å². The predicted molar refractivity (Wildman–Crippen MR) is 77.0 cm³/mol. The Hall–Kier alpha value is -2.57. The first-order valence-corrected chi connectivity index (χ1v) is 6.60. The molecule has 22 heavy (non-hydrogen) atoms. The summed E-state index contributed by atoms with van der Waals surface area (Å²) in [7, 11) is 0. The summed E-state index contributed by atoms with van der Waals surface area (Å²) in [6.45, 7) is 2.90. The summed E-state index contributed by atoms with van der Waals surface area (Å²) in [6.07, 6.45) is -2.66. The number of amides is 1. The Balaban J connectivity index is 2.02. The highest BCUT2D eigenvalue weighted by Crippen LogP contribution is 2.18. The zero-order valence-corrected chi connectivity index (χ0v) is 12.1. The molecule has 2 rings (SSSR count). The summed E-state index contributed by atoms with van der Waals surface area (Å²) in [5.74, 6) is -0.452. The van der Waals surface area contributed by atoms with E-state index in [0.29, 0.717) is 16.9 Å². The third-order valence-electron chi connectivity index (χ3n) is 3.09. The van der Waals surface area contributed by atoms with Crippen LogP contribution >= 0.6 is 0 Å². The van der Waals surface area contributed by atoms with Gasteiger partial charge in [0.2, 0.25) is 5.91 Å². The fraction of sp³-hybridized carbons (Fsp3) is 0.267. The van der Waals surface area contributed by atoms with Gasteiger partial charge < -0.3 is 5.32 Å². The van der Waals surface area contributed by atoms with Crippen molar-refractivity contribution in [2.45, 2.75) is 26.8 Å². The second-order valence-electron chi connectivity index (χ2n) is 4.85. The molecule has 1 aromatic carbocycles. The average Bonchev–Trinajstić information content (AvgIpc) is 2.81. The molecule has 0 saturated heterocycles. The number of hydrogen-bond donors (Lipinski definition) is 1. The highest BCUT2D eigenvalue weighted by Gasteiger charge is 2.15. The number of halogens is 2. The number of ketones is 1. The van der Waals surface area contributed by atoms with E-state index in [2.05, 4.69) is 10.4 Å². The molecule has 0 aliphatic rings. The van der Waals surface area contributed by atoms with Gasteiger partial charge in [0.15, 0.2) is 5.78 Å². The molecule has 7 heteroatoms. The van der Waals surface area contributed by atoms with E-state index in [1.165, 1.54) is 17.7 Å².